The van der Waals surface area contributed by atoms with Gasteiger partial charge >= 0.3 is 0 Å². The summed E-state index contributed by atoms with van der Waals surface area (Å²) >= 11 is 0. The highest BCUT2D eigenvalue weighted by molar-refractivity contribution is 5.55. The van der Waals surface area contributed by atoms with Crippen molar-refractivity contribution in [1.82, 2.24) is 0 Å². The molecule has 0 aromatic heterocycles. The fraction of sp³-hybridized carbons (Fsp3) is 0.333. The van der Waals surface area contributed by atoms with Crippen LogP contribution in [0.3, 0.4) is 0 Å². The van der Waals surface area contributed by atoms with Crippen molar-refractivity contribution in [2.45, 2.75) is 13.5 Å². The number of rotatable bonds is 5. The molecule has 0 saturated carbocycles. The number of anilines is 1. The lowest BCUT2D eigenvalue weighted by molar-refractivity contribution is -0.385. The van der Waals surface area contributed by atoms with Crippen LogP contribution in [-0.2, 0) is 6.61 Å². The lowest BCUT2D eigenvalue weighted by Gasteiger charge is -2.19. The van der Waals surface area contributed by atoms with E-state index in [-0.39, 0.29) is 12.3 Å². The Kier molecular flexibility index (Phi) is 4.23. The van der Waals surface area contributed by atoms with Crippen molar-refractivity contribution in [3.05, 3.63) is 46.0 Å². The van der Waals surface area contributed by atoms with Crippen LogP contribution in [0.25, 0.3) is 0 Å². The summed E-state index contributed by atoms with van der Waals surface area (Å²) in [7, 11) is 1.87. The van der Waals surface area contributed by atoms with E-state index in [0.29, 0.717) is 12.1 Å². The van der Waals surface area contributed by atoms with Gasteiger partial charge in [-0.3, -0.25) is 10.1 Å². The van der Waals surface area contributed by atoms with Crippen LogP contribution >= 0.6 is 0 Å². The van der Waals surface area contributed by atoms with Gasteiger partial charge in [0.25, 0.3) is 5.69 Å². The maximum Gasteiger partial charge on any atom is 0.275 e. The summed E-state index contributed by atoms with van der Waals surface area (Å²) in [4.78, 5) is 12.1. The molecule has 0 radical (unpaired) electrons. The molecule has 0 saturated heterocycles. The molecule has 0 aliphatic heterocycles. The Bertz CT molecular complexity index is 443. The van der Waals surface area contributed by atoms with Crippen LogP contribution in [0.2, 0.25) is 0 Å². The molecular weight excluding hydrogens is 220 g/mol. The van der Waals surface area contributed by atoms with Crippen molar-refractivity contribution in [2.75, 3.05) is 18.5 Å². The third-order valence-electron chi connectivity index (χ3n) is 2.38. The summed E-state index contributed by atoms with van der Waals surface area (Å²) < 4.78 is 0. The monoisotopic (exact) mass is 236 g/mol. The quantitative estimate of drug-likeness (QED) is 0.483. The molecule has 0 spiro atoms. The minimum Gasteiger partial charge on any atom is -0.391 e. The van der Waals surface area contributed by atoms with Crippen molar-refractivity contribution in [3.63, 3.8) is 0 Å². The Labute approximate surface area is 100 Å². The van der Waals surface area contributed by atoms with Gasteiger partial charge in [0.1, 0.15) is 0 Å². The molecule has 0 unspecified atom stereocenters. The minimum atomic E-state index is -0.492. The van der Waals surface area contributed by atoms with Gasteiger partial charge in [0.15, 0.2) is 0 Å². The molecule has 1 aromatic rings. The molecule has 1 rings (SSSR count). The summed E-state index contributed by atoms with van der Waals surface area (Å²) in [6, 6.07) is 4.71. The largest absolute Gasteiger partial charge is 0.391 e. The Morgan fingerprint density at radius 2 is 2.24 bits per heavy atom. The highest BCUT2D eigenvalue weighted by Gasteiger charge is 2.14. The number of nitrogens with zero attached hydrogens (tertiary/aromatic N) is 2. The average molecular weight is 236 g/mol. The van der Waals surface area contributed by atoms with Gasteiger partial charge in [0.05, 0.1) is 17.1 Å². The molecular formula is C12H16N2O3. The predicted octanol–water partition coefficient (Wildman–Crippen LogP) is 2.10. The van der Waals surface area contributed by atoms with Crippen LogP contribution in [0.4, 0.5) is 11.4 Å². The summed E-state index contributed by atoms with van der Waals surface area (Å²) in [5.41, 5.74) is 2.08. The van der Waals surface area contributed by atoms with E-state index >= 15 is 0 Å². The molecule has 0 aliphatic rings. The molecule has 0 heterocycles. The number of aliphatic hydroxyl groups is 1. The summed E-state index contributed by atoms with van der Waals surface area (Å²) in [5.74, 6) is 0. The fourth-order valence-electron chi connectivity index (χ4n) is 1.61. The van der Waals surface area contributed by atoms with E-state index < -0.39 is 4.92 Å². The molecule has 5 heteroatoms. The van der Waals surface area contributed by atoms with Gasteiger partial charge in [0, 0.05) is 25.3 Å². The van der Waals surface area contributed by atoms with Gasteiger partial charge in [-0.1, -0.05) is 12.2 Å². The zero-order valence-corrected chi connectivity index (χ0v) is 10.0. The van der Waals surface area contributed by atoms with Crippen LogP contribution in [-0.4, -0.2) is 23.6 Å². The lowest BCUT2D eigenvalue weighted by Crippen LogP contribution is -2.19. The first-order valence-electron chi connectivity index (χ1n) is 5.19. The number of aliphatic hydroxyl groups excluding tert-OH is 1. The van der Waals surface area contributed by atoms with Gasteiger partial charge in [-0.15, -0.1) is 0 Å². The van der Waals surface area contributed by atoms with Gasteiger partial charge in [-0.25, -0.2) is 0 Å². The molecule has 17 heavy (non-hydrogen) atoms. The van der Waals surface area contributed by atoms with Gasteiger partial charge in [-0.05, 0) is 19.1 Å². The summed E-state index contributed by atoms with van der Waals surface area (Å²) in [6.45, 7) is 6.05. The molecule has 1 aromatic carbocycles. The number of benzene rings is 1. The first-order chi connectivity index (χ1) is 7.95. The van der Waals surface area contributed by atoms with Gasteiger partial charge in [0.2, 0.25) is 0 Å². The number of nitro groups is 1. The molecule has 0 fully saturated rings. The molecule has 0 amide bonds. The van der Waals surface area contributed by atoms with E-state index in [1.807, 2.05) is 18.9 Å². The van der Waals surface area contributed by atoms with Crippen molar-refractivity contribution < 1.29 is 10.0 Å². The lowest BCUT2D eigenvalue weighted by atomic mass is 10.1. The molecule has 1 N–H and O–H groups in total. The fourth-order valence-corrected chi connectivity index (χ4v) is 1.61. The minimum absolute atomic E-state index is 0.0556. The number of hydrogen-bond donors (Lipinski definition) is 1. The van der Waals surface area contributed by atoms with Crippen LogP contribution in [0, 0.1) is 10.1 Å². The zero-order chi connectivity index (χ0) is 13.0. The Balaban J connectivity index is 3.04. The van der Waals surface area contributed by atoms with Crippen LogP contribution in [0.15, 0.2) is 30.4 Å². The Morgan fingerprint density at radius 1 is 1.59 bits per heavy atom. The third-order valence-corrected chi connectivity index (χ3v) is 2.38. The maximum absolute atomic E-state index is 10.7. The van der Waals surface area contributed by atoms with Gasteiger partial charge < -0.3 is 10.0 Å². The molecule has 0 bridgehead atoms. The predicted molar refractivity (Wildman–Crippen MR) is 67.1 cm³/mol. The van der Waals surface area contributed by atoms with Crippen molar-refractivity contribution >= 4 is 11.4 Å². The Morgan fingerprint density at radius 3 is 2.71 bits per heavy atom. The molecule has 92 valence electrons. The first kappa shape index (κ1) is 13.2. The smallest absolute Gasteiger partial charge is 0.275 e. The highest BCUT2D eigenvalue weighted by atomic mass is 16.6. The highest BCUT2D eigenvalue weighted by Crippen LogP contribution is 2.24. The molecule has 0 aliphatic carbocycles. The van der Waals surface area contributed by atoms with Crippen molar-refractivity contribution in [1.29, 1.82) is 0 Å². The van der Waals surface area contributed by atoms with E-state index in [2.05, 4.69) is 6.58 Å². The second kappa shape index (κ2) is 5.45. The van der Waals surface area contributed by atoms with E-state index in [9.17, 15) is 10.1 Å². The maximum atomic E-state index is 10.7. The summed E-state index contributed by atoms with van der Waals surface area (Å²) in [6.07, 6.45) is 0. The second-order valence-electron chi connectivity index (χ2n) is 4.04. The van der Waals surface area contributed by atoms with E-state index in [4.69, 9.17) is 5.11 Å². The number of hydrogen-bond acceptors (Lipinski definition) is 4. The van der Waals surface area contributed by atoms with Gasteiger partial charge in [-0.2, -0.15) is 0 Å². The second-order valence-corrected chi connectivity index (χ2v) is 4.04. The third kappa shape index (κ3) is 3.29. The van der Waals surface area contributed by atoms with Crippen LogP contribution < -0.4 is 4.90 Å². The normalized spacial score (nSPS) is 10.1. The number of likely N-dealkylation sites (N-methyl/N-ethyl adjacent to an activating group) is 1. The van der Waals surface area contributed by atoms with E-state index in [0.717, 1.165) is 11.3 Å². The number of nitro benzene ring substituents is 1. The Hall–Kier alpha value is -1.88. The first-order valence-corrected chi connectivity index (χ1v) is 5.19. The summed E-state index contributed by atoms with van der Waals surface area (Å²) in [5, 5.41) is 19.8. The average Bonchev–Trinajstić information content (AvgIpc) is 2.27. The van der Waals surface area contributed by atoms with Crippen LogP contribution in [0.5, 0.6) is 0 Å². The molecule has 0 atom stereocenters. The van der Waals surface area contributed by atoms with Crippen molar-refractivity contribution in [2.24, 2.45) is 0 Å². The van der Waals surface area contributed by atoms with E-state index in [1.165, 1.54) is 6.07 Å². The SMILES string of the molecule is C=C(C)CN(C)c1ccc([N+](=O)[O-])c(CO)c1. The van der Waals surface area contributed by atoms with E-state index in [1.54, 1.807) is 12.1 Å². The van der Waals surface area contributed by atoms with Crippen LogP contribution in [0.1, 0.15) is 12.5 Å². The standard InChI is InChI=1S/C12H16N2O3/c1-9(2)7-13(3)11-4-5-12(14(16)17)10(6-11)8-15/h4-6,15H,1,7-8H2,2-3H3. The van der Waals surface area contributed by atoms with Crippen molar-refractivity contribution in [3.8, 4) is 0 Å². The molecule has 5 nitrogen and oxygen atoms in total. The zero-order valence-electron chi connectivity index (χ0n) is 10.0. The topological polar surface area (TPSA) is 66.6 Å².